The average molecular weight is 301 g/mol. The lowest BCUT2D eigenvalue weighted by Gasteiger charge is -2.11. The number of carbonyl (C=O) groups is 2. The Balaban J connectivity index is 3.24. The molecule has 1 rings (SSSR count). The number of Topliss-reactive ketones (excluding diaryl/α,β-unsaturated/α-hetero) is 1. The lowest BCUT2D eigenvalue weighted by molar-refractivity contribution is -0.137. The maximum Gasteiger partial charge on any atom is 0.379 e. The minimum atomic E-state index is -0.869. The molecular weight excluding hydrogens is 288 g/mol. The molecule has 0 spiro atoms. The highest BCUT2D eigenvalue weighted by molar-refractivity contribution is 9.10. The standard InChI is InChI=1S/C12H13BrO4/c1-4-17-12(15)11(14)10-7(2)8(13)5-6-9(10)16-3/h5-6H,4H2,1-3H3. The molecule has 0 aliphatic heterocycles. The van der Waals surface area contributed by atoms with Crippen molar-refractivity contribution in [1.29, 1.82) is 0 Å². The zero-order valence-electron chi connectivity index (χ0n) is 9.87. The van der Waals surface area contributed by atoms with Crippen molar-refractivity contribution in [2.75, 3.05) is 13.7 Å². The second-order valence-electron chi connectivity index (χ2n) is 3.30. The summed E-state index contributed by atoms with van der Waals surface area (Å²) in [5, 5.41) is 0. The molecule has 0 saturated heterocycles. The molecule has 0 heterocycles. The molecule has 0 aliphatic rings. The summed E-state index contributed by atoms with van der Waals surface area (Å²) in [5.41, 5.74) is 0.891. The molecule has 5 heteroatoms. The summed E-state index contributed by atoms with van der Waals surface area (Å²) >= 11 is 3.31. The quantitative estimate of drug-likeness (QED) is 0.487. The molecule has 0 bridgehead atoms. The normalized spacial score (nSPS) is 9.88. The van der Waals surface area contributed by atoms with Gasteiger partial charge < -0.3 is 9.47 Å². The summed E-state index contributed by atoms with van der Waals surface area (Å²) in [7, 11) is 1.45. The molecule has 1 aromatic rings. The Morgan fingerprint density at radius 3 is 2.53 bits per heavy atom. The van der Waals surface area contributed by atoms with Crippen molar-refractivity contribution in [3.8, 4) is 5.75 Å². The van der Waals surface area contributed by atoms with Gasteiger partial charge in [0.15, 0.2) is 0 Å². The third-order valence-electron chi connectivity index (χ3n) is 2.27. The molecule has 0 atom stereocenters. The van der Waals surface area contributed by atoms with Crippen molar-refractivity contribution < 1.29 is 19.1 Å². The molecule has 0 N–H and O–H groups in total. The largest absolute Gasteiger partial charge is 0.496 e. The van der Waals surface area contributed by atoms with E-state index in [2.05, 4.69) is 15.9 Å². The van der Waals surface area contributed by atoms with E-state index in [1.54, 1.807) is 26.0 Å². The van der Waals surface area contributed by atoms with Crippen LogP contribution < -0.4 is 4.74 Å². The van der Waals surface area contributed by atoms with Crippen LogP contribution in [-0.4, -0.2) is 25.5 Å². The number of ketones is 1. The van der Waals surface area contributed by atoms with Crippen LogP contribution in [0.3, 0.4) is 0 Å². The first-order chi connectivity index (χ1) is 8.02. The van der Waals surface area contributed by atoms with Crippen LogP contribution in [0.2, 0.25) is 0 Å². The third kappa shape index (κ3) is 2.85. The monoisotopic (exact) mass is 300 g/mol. The molecule has 0 aromatic heterocycles. The lowest BCUT2D eigenvalue weighted by atomic mass is 10.0. The van der Waals surface area contributed by atoms with E-state index in [4.69, 9.17) is 9.47 Å². The fourth-order valence-corrected chi connectivity index (χ4v) is 1.74. The van der Waals surface area contributed by atoms with Crippen LogP contribution in [0.1, 0.15) is 22.8 Å². The number of carbonyl (C=O) groups excluding carboxylic acids is 2. The zero-order valence-corrected chi connectivity index (χ0v) is 11.5. The summed E-state index contributed by atoms with van der Waals surface area (Å²) in [6, 6.07) is 3.39. The fraction of sp³-hybridized carbons (Fsp3) is 0.333. The second-order valence-corrected chi connectivity index (χ2v) is 4.15. The van der Waals surface area contributed by atoms with Gasteiger partial charge in [-0.3, -0.25) is 4.79 Å². The molecular formula is C12H13BrO4. The second kappa shape index (κ2) is 5.82. The zero-order chi connectivity index (χ0) is 13.0. The molecule has 0 unspecified atom stereocenters. The molecule has 17 heavy (non-hydrogen) atoms. The van der Waals surface area contributed by atoms with Crippen LogP contribution in [0.5, 0.6) is 5.75 Å². The summed E-state index contributed by atoms with van der Waals surface area (Å²) < 4.78 is 10.5. The average Bonchev–Trinajstić information content (AvgIpc) is 2.32. The highest BCUT2D eigenvalue weighted by Gasteiger charge is 2.24. The van der Waals surface area contributed by atoms with E-state index >= 15 is 0 Å². The Morgan fingerprint density at radius 1 is 1.35 bits per heavy atom. The minimum absolute atomic E-state index is 0.167. The van der Waals surface area contributed by atoms with Crippen molar-refractivity contribution >= 4 is 27.7 Å². The number of benzene rings is 1. The molecule has 0 saturated carbocycles. The van der Waals surface area contributed by atoms with Gasteiger partial charge in [0.2, 0.25) is 0 Å². The molecule has 0 radical (unpaired) electrons. The first-order valence-corrected chi connectivity index (χ1v) is 5.86. The molecule has 0 fully saturated rings. The van der Waals surface area contributed by atoms with E-state index in [9.17, 15) is 9.59 Å². The van der Waals surface area contributed by atoms with Gasteiger partial charge in [-0.05, 0) is 31.5 Å². The van der Waals surface area contributed by atoms with Crippen molar-refractivity contribution in [3.05, 3.63) is 27.7 Å². The number of hydrogen-bond donors (Lipinski definition) is 0. The van der Waals surface area contributed by atoms with Crippen molar-refractivity contribution in [1.82, 2.24) is 0 Å². The predicted octanol–water partition coefficient (Wildman–Crippen LogP) is 2.51. The smallest absolute Gasteiger partial charge is 0.379 e. The lowest BCUT2D eigenvalue weighted by Crippen LogP contribution is -2.19. The molecule has 92 valence electrons. The number of methoxy groups -OCH3 is 1. The Bertz CT molecular complexity index is 454. The first-order valence-electron chi connectivity index (χ1n) is 5.07. The van der Waals surface area contributed by atoms with Crippen LogP contribution in [0, 0.1) is 6.92 Å². The van der Waals surface area contributed by atoms with E-state index < -0.39 is 11.8 Å². The number of halogens is 1. The number of esters is 1. The van der Waals surface area contributed by atoms with E-state index in [0.29, 0.717) is 11.3 Å². The van der Waals surface area contributed by atoms with Gasteiger partial charge in [-0.2, -0.15) is 0 Å². The van der Waals surface area contributed by atoms with Crippen molar-refractivity contribution in [3.63, 3.8) is 0 Å². The Hall–Kier alpha value is -1.36. The van der Waals surface area contributed by atoms with E-state index in [1.807, 2.05) is 0 Å². The van der Waals surface area contributed by atoms with Gasteiger partial charge in [0.25, 0.3) is 5.78 Å². The maximum atomic E-state index is 11.9. The summed E-state index contributed by atoms with van der Waals surface area (Å²) in [6.45, 7) is 3.55. The minimum Gasteiger partial charge on any atom is -0.496 e. The third-order valence-corrected chi connectivity index (χ3v) is 3.13. The number of hydrogen-bond acceptors (Lipinski definition) is 4. The van der Waals surface area contributed by atoms with E-state index in [1.165, 1.54) is 7.11 Å². The summed E-state index contributed by atoms with van der Waals surface area (Å²) in [4.78, 5) is 23.3. The topological polar surface area (TPSA) is 52.6 Å². The molecule has 0 amide bonds. The van der Waals surface area contributed by atoms with Crippen LogP contribution in [0.25, 0.3) is 0 Å². The van der Waals surface area contributed by atoms with Crippen LogP contribution in [0.4, 0.5) is 0 Å². The van der Waals surface area contributed by atoms with Crippen molar-refractivity contribution in [2.24, 2.45) is 0 Å². The van der Waals surface area contributed by atoms with Crippen LogP contribution in [-0.2, 0) is 9.53 Å². The van der Waals surface area contributed by atoms with Gasteiger partial charge in [-0.1, -0.05) is 15.9 Å². The number of ether oxygens (including phenoxy) is 2. The van der Waals surface area contributed by atoms with Gasteiger partial charge in [0, 0.05) is 4.47 Å². The van der Waals surface area contributed by atoms with Crippen molar-refractivity contribution in [2.45, 2.75) is 13.8 Å². The fourth-order valence-electron chi connectivity index (χ4n) is 1.41. The summed E-state index contributed by atoms with van der Waals surface area (Å²) in [6.07, 6.45) is 0. The molecule has 4 nitrogen and oxygen atoms in total. The van der Waals surface area contributed by atoms with Crippen LogP contribution in [0.15, 0.2) is 16.6 Å². The highest BCUT2D eigenvalue weighted by atomic mass is 79.9. The molecule has 1 aromatic carbocycles. The maximum absolute atomic E-state index is 11.9. The number of rotatable bonds is 4. The first kappa shape index (κ1) is 13.7. The highest BCUT2D eigenvalue weighted by Crippen LogP contribution is 2.28. The van der Waals surface area contributed by atoms with Gasteiger partial charge in [-0.25, -0.2) is 4.79 Å². The Kier molecular flexibility index (Phi) is 4.69. The summed E-state index contributed by atoms with van der Waals surface area (Å²) in [5.74, 6) is -1.20. The van der Waals surface area contributed by atoms with E-state index in [-0.39, 0.29) is 12.2 Å². The van der Waals surface area contributed by atoms with Gasteiger partial charge in [0.1, 0.15) is 5.75 Å². The SMILES string of the molecule is CCOC(=O)C(=O)c1c(OC)ccc(Br)c1C. The molecule has 0 aliphatic carbocycles. The predicted molar refractivity (Wildman–Crippen MR) is 66.4 cm³/mol. The van der Waals surface area contributed by atoms with E-state index in [0.717, 1.165) is 4.47 Å². The Labute approximate surface area is 108 Å². The Morgan fingerprint density at radius 2 is 2.00 bits per heavy atom. The van der Waals surface area contributed by atoms with Crippen LogP contribution >= 0.6 is 15.9 Å². The van der Waals surface area contributed by atoms with Gasteiger partial charge in [-0.15, -0.1) is 0 Å². The van der Waals surface area contributed by atoms with Gasteiger partial charge in [0.05, 0.1) is 19.3 Å². The van der Waals surface area contributed by atoms with Gasteiger partial charge >= 0.3 is 5.97 Å².